The number of benzene rings is 2. The van der Waals surface area contributed by atoms with Gasteiger partial charge in [-0.25, -0.2) is 14.8 Å². The normalized spacial score (nSPS) is 13.2. The fourth-order valence-electron chi connectivity index (χ4n) is 4.29. The molecule has 0 spiro atoms. The summed E-state index contributed by atoms with van der Waals surface area (Å²) in [5, 5.41) is 0.216. The number of hydrogen-bond acceptors (Lipinski definition) is 5. The van der Waals surface area contributed by atoms with E-state index in [2.05, 4.69) is 16.0 Å². The van der Waals surface area contributed by atoms with Crippen molar-refractivity contribution < 1.29 is 4.79 Å². The zero-order valence-electron chi connectivity index (χ0n) is 18.3. The van der Waals surface area contributed by atoms with E-state index >= 15 is 0 Å². The van der Waals surface area contributed by atoms with Gasteiger partial charge in [0.25, 0.3) is 5.56 Å². The Labute approximate surface area is 189 Å². The van der Waals surface area contributed by atoms with Crippen molar-refractivity contribution in [3.05, 3.63) is 92.8 Å². The zero-order chi connectivity index (χ0) is 22.9. The molecule has 8 heteroatoms. The summed E-state index contributed by atoms with van der Waals surface area (Å²) in [7, 11) is 0. The summed E-state index contributed by atoms with van der Waals surface area (Å²) in [4.78, 5) is 50.0. The third-order valence-electron chi connectivity index (χ3n) is 6.09. The van der Waals surface area contributed by atoms with Crippen molar-refractivity contribution in [3.8, 4) is 11.4 Å². The van der Waals surface area contributed by atoms with Gasteiger partial charge >= 0.3 is 5.69 Å². The Morgan fingerprint density at radius 3 is 2.45 bits per heavy atom. The maximum absolute atomic E-state index is 13.2. The van der Waals surface area contributed by atoms with Crippen LogP contribution in [-0.2, 0) is 30.8 Å². The number of amides is 1. The molecule has 3 heterocycles. The van der Waals surface area contributed by atoms with E-state index in [9.17, 15) is 14.4 Å². The van der Waals surface area contributed by atoms with Crippen molar-refractivity contribution in [2.24, 2.45) is 0 Å². The monoisotopic (exact) mass is 441 g/mol. The van der Waals surface area contributed by atoms with Crippen LogP contribution >= 0.6 is 0 Å². The van der Waals surface area contributed by atoms with Crippen LogP contribution in [0.15, 0.2) is 70.4 Å². The van der Waals surface area contributed by atoms with Gasteiger partial charge in [-0.2, -0.15) is 0 Å². The van der Waals surface area contributed by atoms with Gasteiger partial charge in [0.15, 0.2) is 11.5 Å². The number of hydrogen-bond donors (Lipinski definition) is 0. The van der Waals surface area contributed by atoms with Crippen molar-refractivity contribution in [1.82, 2.24) is 24.0 Å². The number of carbonyl (C=O) groups is 1. The molecule has 0 unspecified atom stereocenters. The van der Waals surface area contributed by atoms with Gasteiger partial charge in [0.05, 0.1) is 0 Å². The molecule has 1 aliphatic rings. The van der Waals surface area contributed by atoms with Crippen LogP contribution in [0.4, 0.5) is 0 Å². The summed E-state index contributed by atoms with van der Waals surface area (Å²) in [6.07, 6.45) is 2.19. The molecule has 5 rings (SSSR count). The Bertz CT molecular complexity index is 1470. The number of aryl methyl sites for hydroxylation is 1. The van der Waals surface area contributed by atoms with E-state index in [4.69, 9.17) is 0 Å². The van der Waals surface area contributed by atoms with Gasteiger partial charge in [-0.05, 0) is 24.5 Å². The lowest BCUT2D eigenvalue weighted by Gasteiger charge is -2.29. The van der Waals surface area contributed by atoms with Gasteiger partial charge in [-0.15, -0.1) is 0 Å². The van der Waals surface area contributed by atoms with Crippen molar-refractivity contribution >= 4 is 16.9 Å². The first kappa shape index (κ1) is 20.8. The molecule has 0 radical (unpaired) electrons. The van der Waals surface area contributed by atoms with Crippen LogP contribution in [0.1, 0.15) is 18.1 Å². The van der Waals surface area contributed by atoms with Gasteiger partial charge in [-0.3, -0.25) is 18.7 Å². The summed E-state index contributed by atoms with van der Waals surface area (Å²) in [5.41, 5.74) is 2.29. The minimum Gasteiger partial charge on any atom is -0.336 e. The maximum atomic E-state index is 13.2. The van der Waals surface area contributed by atoms with Crippen LogP contribution in [0, 0.1) is 0 Å². The Hall–Kier alpha value is -4.07. The predicted molar refractivity (Wildman–Crippen MR) is 125 cm³/mol. The molecule has 0 saturated heterocycles. The average Bonchev–Trinajstić information content (AvgIpc) is 2.86. The Kier molecular flexibility index (Phi) is 5.34. The van der Waals surface area contributed by atoms with Crippen molar-refractivity contribution in [3.63, 3.8) is 0 Å². The lowest BCUT2D eigenvalue weighted by Crippen LogP contribution is -2.46. The van der Waals surface area contributed by atoms with Crippen LogP contribution in [0.3, 0.4) is 0 Å². The van der Waals surface area contributed by atoms with Gasteiger partial charge in [0.1, 0.15) is 11.9 Å². The minimum absolute atomic E-state index is 0.216. The topological polar surface area (TPSA) is 90.1 Å². The highest BCUT2D eigenvalue weighted by Crippen LogP contribution is 2.19. The molecule has 0 aliphatic carbocycles. The highest BCUT2D eigenvalue weighted by molar-refractivity contribution is 5.78. The third-order valence-corrected chi connectivity index (χ3v) is 6.09. The van der Waals surface area contributed by atoms with Crippen LogP contribution in [0.2, 0.25) is 0 Å². The molecule has 0 bridgehead atoms. The largest absolute Gasteiger partial charge is 0.336 e. The molecule has 2 aromatic heterocycles. The lowest BCUT2D eigenvalue weighted by molar-refractivity contribution is -0.132. The molecule has 2 aromatic carbocycles. The second-order valence-corrected chi connectivity index (χ2v) is 8.05. The Morgan fingerprint density at radius 1 is 0.970 bits per heavy atom. The quantitative estimate of drug-likeness (QED) is 0.484. The van der Waals surface area contributed by atoms with Crippen molar-refractivity contribution in [2.75, 3.05) is 6.54 Å². The number of fused-ring (bicyclic) bond motifs is 2. The lowest BCUT2D eigenvalue weighted by atomic mass is 10.00. The molecule has 8 nitrogen and oxygen atoms in total. The Balaban J connectivity index is 1.52. The van der Waals surface area contributed by atoms with Gasteiger partial charge in [-0.1, -0.05) is 54.6 Å². The van der Waals surface area contributed by atoms with Crippen LogP contribution < -0.4 is 11.2 Å². The molecule has 0 atom stereocenters. The first-order valence-electron chi connectivity index (χ1n) is 11.0. The fraction of sp³-hybridized carbons (Fsp3) is 0.240. The summed E-state index contributed by atoms with van der Waals surface area (Å²) in [5.74, 6) is 0.178. The molecule has 33 heavy (non-hydrogen) atoms. The van der Waals surface area contributed by atoms with Gasteiger partial charge < -0.3 is 4.90 Å². The molecule has 1 aliphatic heterocycles. The zero-order valence-corrected chi connectivity index (χ0v) is 18.3. The summed E-state index contributed by atoms with van der Waals surface area (Å²) in [6, 6.07) is 17.4. The predicted octanol–water partition coefficient (Wildman–Crippen LogP) is 2.22. The Morgan fingerprint density at radius 2 is 1.70 bits per heavy atom. The van der Waals surface area contributed by atoms with Gasteiger partial charge in [0, 0.05) is 31.4 Å². The van der Waals surface area contributed by atoms with E-state index < -0.39 is 11.2 Å². The number of rotatable bonds is 4. The molecule has 166 valence electrons. The maximum Gasteiger partial charge on any atom is 0.333 e. The summed E-state index contributed by atoms with van der Waals surface area (Å²) < 4.78 is 2.42. The number of nitrogens with zero attached hydrogens (tertiary/aromatic N) is 5. The molecule has 0 fully saturated rings. The van der Waals surface area contributed by atoms with E-state index in [-0.39, 0.29) is 23.5 Å². The van der Waals surface area contributed by atoms with Crippen LogP contribution in [0.5, 0.6) is 0 Å². The minimum atomic E-state index is -0.551. The smallest absolute Gasteiger partial charge is 0.333 e. The van der Waals surface area contributed by atoms with Crippen LogP contribution in [-0.4, -0.2) is 36.5 Å². The fourth-order valence-corrected chi connectivity index (χ4v) is 4.29. The average molecular weight is 441 g/mol. The van der Waals surface area contributed by atoms with E-state index in [0.29, 0.717) is 25.5 Å². The molecular weight excluding hydrogens is 418 g/mol. The first-order valence-corrected chi connectivity index (χ1v) is 11.0. The number of carbonyl (C=O) groups excluding carboxylic acids is 1. The second-order valence-electron chi connectivity index (χ2n) is 8.05. The van der Waals surface area contributed by atoms with Crippen molar-refractivity contribution in [2.45, 2.75) is 33.0 Å². The highest BCUT2D eigenvalue weighted by Gasteiger charge is 2.23. The molecule has 0 saturated carbocycles. The third kappa shape index (κ3) is 3.73. The molecule has 1 amide bonds. The molecule has 4 aromatic rings. The summed E-state index contributed by atoms with van der Waals surface area (Å²) >= 11 is 0. The SMILES string of the molecule is CCn1c(=O)n(CC(=O)N2CCc3ccccc3C2)c(=O)c2cnc(-c3ccccc3)nc21. The van der Waals surface area contributed by atoms with E-state index in [1.807, 2.05) is 55.5 Å². The molecular formula is C25H23N5O3. The van der Waals surface area contributed by atoms with E-state index in [1.165, 1.54) is 16.3 Å². The first-order chi connectivity index (χ1) is 16.1. The van der Waals surface area contributed by atoms with Crippen molar-refractivity contribution in [1.29, 1.82) is 0 Å². The molecule has 0 N–H and O–H groups in total. The second kappa shape index (κ2) is 8.46. The number of aromatic nitrogens is 4. The van der Waals surface area contributed by atoms with E-state index in [0.717, 1.165) is 22.1 Å². The standard InChI is InChI=1S/C25H23N5O3/c1-2-29-23-20(14-26-22(27-23)18-9-4-3-5-10-18)24(32)30(25(29)33)16-21(31)28-13-12-17-8-6-7-11-19(17)15-28/h3-11,14H,2,12-13,15-16H2,1H3. The van der Waals surface area contributed by atoms with Crippen LogP contribution in [0.25, 0.3) is 22.4 Å². The highest BCUT2D eigenvalue weighted by atomic mass is 16.2. The van der Waals surface area contributed by atoms with E-state index in [1.54, 1.807) is 4.90 Å². The summed E-state index contributed by atoms with van der Waals surface area (Å²) in [6.45, 7) is 2.85. The van der Waals surface area contributed by atoms with Gasteiger partial charge in [0.2, 0.25) is 5.91 Å².